The fourth-order valence-electron chi connectivity index (χ4n) is 5.85. The molecule has 34 heavy (non-hydrogen) atoms. The summed E-state index contributed by atoms with van der Waals surface area (Å²) >= 11 is 0. The van der Waals surface area contributed by atoms with Gasteiger partial charge in [-0.15, -0.1) is 0 Å². The Balaban J connectivity index is 1.98. The summed E-state index contributed by atoms with van der Waals surface area (Å²) in [6.07, 6.45) is 0.236. The van der Waals surface area contributed by atoms with Gasteiger partial charge >= 0.3 is 0 Å². The molecule has 10 nitrogen and oxygen atoms in total. The van der Waals surface area contributed by atoms with Gasteiger partial charge in [0, 0.05) is 17.1 Å². The highest BCUT2D eigenvalue weighted by atomic mass is 16.5. The highest BCUT2D eigenvalue weighted by Crippen LogP contribution is 2.53. The molecule has 1 aromatic rings. The molecular weight excluding hydrogens is 444 g/mol. The first-order valence-corrected chi connectivity index (χ1v) is 11.2. The Morgan fingerprint density at radius 3 is 2.41 bits per heavy atom. The lowest BCUT2D eigenvalue weighted by atomic mass is 9.58. The Morgan fingerprint density at radius 1 is 1.21 bits per heavy atom. The lowest BCUT2D eigenvalue weighted by molar-refractivity contribution is -0.149. The van der Waals surface area contributed by atoms with E-state index in [-0.39, 0.29) is 29.7 Å². The van der Waals surface area contributed by atoms with E-state index in [1.165, 1.54) is 19.2 Å². The van der Waals surface area contributed by atoms with Crippen LogP contribution in [0.25, 0.3) is 0 Å². The van der Waals surface area contributed by atoms with Crippen LogP contribution in [0.15, 0.2) is 34.8 Å². The summed E-state index contributed by atoms with van der Waals surface area (Å²) in [5.74, 6) is -6.27. The predicted octanol–water partition coefficient (Wildman–Crippen LogP) is 0.909. The van der Waals surface area contributed by atoms with Crippen molar-refractivity contribution in [2.75, 3.05) is 20.2 Å². The number of nitrogens with two attached hydrogens (primary N) is 1. The number of ketones is 2. The Labute approximate surface area is 195 Å². The van der Waals surface area contributed by atoms with Crippen molar-refractivity contribution in [2.24, 2.45) is 17.6 Å². The largest absolute Gasteiger partial charge is 0.510 e. The molecule has 10 heteroatoms. The molecule has 4 atom stereocenters. The topological polar surface area (TPSA) is 171 Å². The lowest BCUT2D eigenvalue weighted by Gasteiger charge is -2.51. The minimum Gasteiger partial charge on any atom is -0.510 e. The summed E-state index contributed by atoms with van der Waals surface area (Å²) in [4.78, 5) is 40.6. The standard InChI is InChI=1S/C24H28N2O8/c1-4-26(5-2)18-12-9-10-8-11-14(34-3)7-6-13(27)16(11)19(28)15(10)21(30)24(12,33)22(31)17(20(18)29)23(25)32/h6-7,10,12,18,27,29-30,33H,4-5,8-9H2,1-3H3,(H2,25,32)/t10-,12-,18-,24-/m0/s1. The van der Waals surface area contributed by atoms with Crippen molar-refractivity contribution in [3.05, 3.63) is 45.9 Å². The molecule has 0 radical (unpaired) electrons. The van der Waals surface area contributed by atoms with Gasteiger partial charge in [0.15, 0.2) is 11.4 Å². The van der Waals surface area contributed by atoms with Gasteiger partial charge in [-0.3, -0.25) is 19.3 Å². The Hall–Kier alpha value is -3.37. The molecule has 0 bridgehead atoms. The number of hydrogen-bond donors (Lipinski definition) is 5. The number of phenols is 1. The number of aliphatic hydroxyl groups is 3. The van der Waals surface area contributed by atoms with Gasteiger partial charge in [-0.2, -0.15) is 0 Å². The minimum absolute atomic E-state index is 0.0445. The number of amides is 1. The van der Waals surface area contributed by atoms with E-state index < -0.39 is 58.0 Å². The highest BCUT2D eigenvalue weighted by Gasteiger charge is 2.63. The fourth-order valence-corrected chi connectivity index (χ4v) is 5.85. The molecule has 6 N–H and O–H groups in total. The lowest BCUT2D eigenvalue weighted by Crippen LogP contribution is -2.64. The molecule has 0 saturated carbocycles. The van der Waals surface area contributed by atoms with Crippen LogP contribution < -0.4 is 10.5 Å². The zero-order chi connectivity index (χ0) is 25.1. The van der Waals surface area contributed by atoms with E-state index in [1.807, 2.05) is 13.8 Å². The van der Waals surface area contributed by atoms with Crippen LogP contribution in [0.3, 0.4) is 0 Å². The summed E-state index contributed by atoms with van der Waals surface area (Å²) in [5.41, 5.74) is 2.12. The van der Waals surface area contributed by atoms with Gasteiger partial charge in [-0.05, 0) is 44.0 Å². The number of benzene rings is 1. The van der Waals surface area contributed by atoms with Crippen molar-refractivity contribution in [3.63, 3.8) is 0 Å². The van der Waals surface area contributed by atoms with Crippen molar-refractivity contribution >= 4 is 17.5 Å². The fraction of sp³-hybridized carbons (Fsp3) is 0.458. The maximum absolute atomic E-state index is 13.5. The zero-order valence-electron chi connectivity index (χ0n) is 19.2. The molecule has 3 aliphatic carbocycles. The molecule has 0 saturated heterocycles. The van der Waals surface area contributed by atoms with E-state index in [4.69, 9.17) is 10.5 Å². The number of nitrogens with zero attached hydrogens (tertiary/aromatic N) is 1. The number of carbonyl (C=O) groups is 3. The highest BCUT2D eigenvalue weighted by molar-refractivity contribution is 6.24. The number of Topliss-reactive ketones (excluding diaryl/α,β-unsaturated/α-hetero) is 2. The molecule has 0 heterocycles. The second-order valence-corrected chi connectivity index (χ2v) is 8.86. The van der Waals surface area contributed by atoms with Gasteiger partial charge in [0.05, 0.1) is 18.7 Å². The Morgan fingerprint density at radius 2 is 1.85 bits per heavy atom. The van der Waals surface area contributed by atoms with Crippen LogP contribution in [0, 0.1) is 11.8 Å². The predicted molar refractivity (Wildman–Crippen MR) is 119 cm³/mol. The molecule has 182 valence electrons. The van der Waals surface area contributed by atoms with E-state index >= 15 is 0 Å². The molecule has 4 rings (SSSR count). The van der Waals surface area contributed by atoms with E-state index in [2.05, 4.69) is 0 Å². The first-order valence-electron chi connectivity index (χ1n) is 11.2. The molecule has 0 aromatic heterocycles. The van der Waals surface area contributed by atoms with Gasteiger partial charge in [-0.25, -0.2) is 0 Å². The van der Waals surface area contributed by atoms with E-state index in [9.17, 15) is 34.8 Å². The van der Waals surface area contributed by atoms with Gasteiger partial charge in [0.1, 0.15) is 28.6 Å². The maximum Gasteiger partial charge on any atom is 0.255 e. The molecule has 1 amide bonds. The second-order valence-electron chi connectivity index (χ2n) is 8.86. The maximum atomic E-state index is 13.5. The molecule has 0 fully saturated rings. The van der Waals surface area contributed by atoms with Gasteiger partial charge in [0.2, 0.25) is 5.78 Å². The van der Waals surface area contributed by atoms with E-state index in [0.717, 1.165) is 0 Å². The molecule has 0 unspecified atom stereocenters. The first kappa shape index (κ1) is 23.8. The van der Waals surface area contributed by atoms with Crippen LogP contribution in [0.1, 0.15) is 36.2 Å². The van der Waals surface area contributed by atoms with E-state index in [1.54, 1.807) is 4.90 Å². The second kappa shape index (κ2) is 8.14. The van der Waals surface area contributed by atoms with Crippen LogP contribution >= 0.6 is 0 Å². The van der Waals surface area contributed by atoms with Crippen molar-refractivity contribution in [1.82, 2.24) is 4.90 Å². The molecule has 3 aliphatic rings. The van der Waals surface area contributed by atoms with Crippen molar-refractivity contribution in [3.8, 4) is 11.5 Å². The third kappa shape index (κ3) is 2.98. The number of aromatic hydroxyl groups is 1. The SMILES string of the molecule is CCN(CC)[C@@H]1C(O)=C(C(N)=O)C(=O)[C@@]2(O)C(O)=C3C(=O)c4c(O)ccc(OC)c4C[C@H]3C[C@@H]12. The smallest absolute Gasteiger partial charge is 0.255 e. The van der Waals surface area contributed by atoms with Crippen LogP contribution in [0.2, 0.25) is 0 Å². The third-order valence-electron chi connectivity index (χ3n) is 7.43. The first-order chi connectivity index (χ1) is 16.0. The molecule has 0 spiro atoms. The molecule has 1 aromatic carbocycles. The summed E-state index contributed by atoms with van der Waals surface area (Å²) < 4.78 is 5.37. The number of ether oxygens (including phenoxy) is 1. The number of allylic oxidation sites excluding steroid dienone is 1. The number of carbonyl (C=O) groups excluding carboxylic acids is 3. The Kier molecular flexibility index (Phi) is 5.69. The number of fused-ring (bicyclic) bond motifs is 3. The summed E-state index contributed by atoms with van der Waals surface area (Å²) in [5, 5.41) is 44.3. The van der Waals surface area contributed by atoms with Crippen LogP contribution in [-0.2, 0) is 16.0 Å². The zero-order valence-corrected chi connectivity index (χ0v) is 19.2. The van der Waals surface area contributed by atoms with Gasteiger partial charge < -0.3 is 30.9 Å². The summed E-state index contributed by atoms with van der Waals surface area (Å²) in [6, 6.07) is 1.83. The number of hydrogen-bond acceptors (Lipinski definition) is 9. The number of likely N-dealkylation sites (N-methyl/N-ethyl adjacent to an activating group) is 1. The number of aliphatic hydroxyl groups excluding tert-OH is 2. The molecule has 0 aliphatic heterocycles. The van der Waals surface area contributed by atoms with Crippen LogP contribution in [-0.4, -0.2) is 74.6 Å². The van der Waals surface area contributed by atoms with Crippen molar-refractivity contribution in [1.29, 1.82) is 0 Å². The molecular formula is C24H28N2O8. The quantitative estimate of drug-likeness (QED) is 0.391. The number of phenolic OH excluding ortho intramolecular Hbond substituents is 1. The number of methoxy groups -OCH3 is 1. The average molecular weight is 472 g/mol. The van der Waals surface area contributed by atoms with Crippen molar-refractivity contribution in [2.45, 2.75) is 38.3 Å². The summed E-state index contributed by atoms with van der Waals surface area (Å²) in [6.45, 7) is 4.44. The minimum atomic E-state index is -2.64. The number of rotatable bonds is 5. The average Bonchev–Trinajstić information content (AvgIpc) is 2.78. The van der Waals surface area contributed by atoms with Crippen LogP contribution in [0.5, 0.6) is 11.5 Å². The van der Waals surface area contributed by atoms with Crippen molar-refractivity contribution < 1.29 is 39.5 Å². The van der Waals surface area contributed by atoms with Gasteiger partial charge in [-0.1, -0.05) is 13.8 Å². The summed E-state index contributed by atoms with van der Waals surface area (Å²) in [7, 11) is 1.43. The monoisotopic (exact) mass is 472 g/mol. The van der Waals surface area contributed by atoms with E-state index in [0.29, 0.717) is 24.4 Å². The van der Waals surface area contributed by atoms with Crippen LogP contribution in [0.4, 0.5) is 0 Å². The normalized spacial score (nSPS) is 28.6. The Bertz CT molecular complexity index is 1170. The van der Waals surface area contributed by atoms with Gasteiger partial charge in [0.25, 0.3) is 5.91 Å². The third-order valence-corrected chi connectivity index (χ3v) is 7.43. The number of primary amides is 1.